The molecule has 8 heteroatoms. The number of hydrogen-bond donors (Lipinski definition) is 1. The number of rotatable bonds is 9. The number of benzene rings is 2. The van der Waals surface area contributed by atoms with E-state index in [4.69, 9.17) is 23.3 Å². The maximum absolute atomic E-state index is 13.7. The third-order valence-electron chi connectivity index (χ3n) is 6.95. The molecule has 2 aliphatic rings. The fraction of sp³-hybridized carbons (Fsp3) is 0.444. The van der Waals surface area contributed by atoms with Crippen LogP contribution in [0.4, 0.5) is 0 Å². The Morgan fingerprint density at radius 1 is 1.17 bits per heavy atom. The summed E-state index contributed by atoms with van der Waals surface area (Å²) in [4.78, 5) is 34.5. The number of nitrogens with two attached hydrogens (primary N) is 1. The number of hydrogen-bond acceptors (Lipinski definition) is 5. The van der Waals surface area contributed by atoms with Crippen LogP contribution in [0.5, 0.6) is 5.75 Å². The molecule has 0 aromatic heterocycles. The van der Waals surface area contributed by atoms with E-state index in [-0.39, 0.29) is 30.3 Å². The van der Waals surface area contributed by atoms with Gasteiger partial charge >= 0.3 is 0 Å². The summed E-state index contributed by atoms with van der Waals surface area (Å²) in [6.07, 6.45) is 4.00. The molecule has 7 nitrogen and oxygen atoms in total. The van der Waals surface area contributed by atoms with Crippen LogP contribution < -0.4 is 15.9 Å². The van der Waals surface area contributed by atoms with Gasteiger partial charge in [-0.05, 0) is 42.9 Å². The van der Waals surface area contributed by atoms with Crippen molar-refractivity contribution < 1.29 is 14.3 Å². The van der Waals surface area contributed by atoms with Crippen molar-refractivity contribution in [3.05, 3.63) is 60.2 Å². The molecule has 2 N–H and O–H groups in total. The molecular formula is C27H33BN4O3. The van der Waals surface area contributed by atoms with E-state index in [2.05, 4.69) is 6.92 Å². The fourth-order valence-electron chi connectivity index (χ4n) is 4.91. The molecule has 4 rings (SSSR count). The van der Waals surface area contributed by atoms with E-state index in [0.717, 1.165) is 31.2 Å². The Kier molecular flexibility index (Phi) is 7.78. The Bertz CT molecular complexity index is 1070. The number of amides is 2. The first-order valence-electron chi connectivity index (χ1n) is 12.4. The number of aliphatic imine (C=N–C) groups is 1. The minimum atomic E-state index is -1.01. The Balaban J connectivity index is 1.36. The van der Waals surface area contributed by atoms with Gasteiger partial charge in [0.25, 0.3) is 11.8 Å². The smallest absolute Gasteiger partial charge is 0.261 e. The van der Waals surface area contributed by atoms with Crippen LogP contribution >= 0.6 is 0 Å². The summed E-state index contributed by atoms with van der Waals surface area (Å²) in [5.41, 5.74) is 6.70. The lowest BCUT2D eigenvalue weighted by Gasteiger charge is -2.34. The van der Waals surface area contributed by atoms with Crippen molar-refractivity contribution in [2.75, 3.05) is 26.2 Å². The number of carbonyl (C=O) groups excluding carboxylic acids is 2. The predicted octanol–water partition coefficient (Wildman–Crippen LogP) is 2.34. The van der Waals surface area contributed by atoms with Gasteiger partial charge in [-0.15, -0.1) is 0 Å². The third-order valence-corrected chi connectivity index (χ3v) is 6.95. The second-order valence-corrected chi connectivity index (χ2v) is 9.40. The highest BCUT2D eigenvalue weighted by molar-refractivity contribution is 6.32. The van der Waals surface area contributed by atoms with Gasteiger partial charge in [0.05, 0.1) is 0 Å². The predicted molar refractivity (Wildman–Crippen MR) is 138 cm³/mol. The lowest BCUT2D eigenvalue weighted by molar-refractivity contribution is -0.136. The van der Waals surface area contributed by atoms with Gasteiger partial charge in [-0.1, -0.05) is 67.7 Å². The average Bonchev–Trinajstić information content (AvgIpc) is 3.12. The number of unbranched alkanes of at least 4 members (excludes halogenated alkanes) is 1. The van der Waals surface area contributed by atoms with E-state index in [9.17, 15) is 9.59 Å². The zero-order valence-electron chi connectivity index (χ0n) is 20.4. The van der Waals surface area contributed by atoms with Crippen LogP contribution in [0.2, 0.25) is 0 Å². The summed E-state index contributed by atoms with van der Waals surface area (Å²) in [7, 11) is 6.02. The van der Waals surface area contributed by atoms with E-state index in [1.54, 1.807) is 11.0 Å². The lowest BCUT2D eigenvalue weighted by atomic mass is 9.81. The number of guanidine groups is 1. The standard InChI is InChI=1S/C27H33BN4O3/c1-2-3-14-27(21-8-7-9-22(28)17-21)25(34)32(26(29)30-27)18-20-12-15-31(16-13-20)24(33)19-35-23-10-5-4-6-11-23/h4-11,17,20H,2-3,12-16,18-19H2,1H3,(H2,29,30). The van der Waals surface area contributed by atoms with Crippen LogP contribution in [0.1, 0.15) is 44.6 Å². The van der Waals surface area contributed by atoms with Crippen molar-refractivity contribution in [2.24, 2.45) is 16.6 Å². The molecule has 182 valence electrons. The topological polar surface area (TPSA) is 88.2 Å². The van der Waals surface area contributed by atoms with E-state index in [0.29, 0.717) is 37.3 Å². The summed E-state index contributed by atoms with van der Waals surface area (Å²) in [5.74, 6) is 1.09. The summed E-state index contributed by atoms with van der Waals surface area (Å²) in [6.45, 7) is 3.90. The molecule has 0 bridgehead atoms. The second-order valence-electron chi connectivity index (χ2n) is 9.40. The maximum atomic E-state index is 13.7. The van der Waals surface area contributed by atoms with Crippen LogP contribution in [-0.4, -0.2) is 61.7 Å². The first-order chi connectivity index (χ1) is 16.9. The molecule has 1 saturated heterocycles. The number of ether oxygens (including phenoxy) is 1. The number of carbonyl (C=O) groups is 2. The Labute approximate surface area is 208 Å². The van der Waals surface area contributed by atoms with Gasteiger partial charge in [0.1, 0.15) is 13.6 Å². The van der Waals surface area contributed by atoms with Gasteiger partial charge in [-0.2, -0.15) is 0 Å². The zero-order valence-corrected chi connectivity index (χ0v) is 20.4. The lowest BCUT2D eigenvalue weighted by Crippen LogP contribution is -2.48. The average molecular weight is 472 g/mol. The molecule has 2 aliphatic heterocycles. The van der Waals surface area contributed by atoms with Crippen molar-refractivity contribution in [3.8, 4) is 5.75 Å². The highest BCUT2D eigenvalue weighted by Crippen LogP contribution is 2.38. The van der Waals surface area contributed by atoms with Gasteiger partial charge in [-0.3, -0.25) is 14.5 Å². The molecule has 35 heavy (non-hydrogen) atoms. The van der Waals surface area contributed by atoms with Crippen LogP contribution in [0.3, 0.4) is 0 Å². The Hall–Kier alpha value is -3.29. The highest BCUT2D eigenvalue weighted by atomic mass is 16.5. The van der Waals surface area contributed by atoms with E-state index in [1.807, 2.05) is 53.4 Å². The molecule has 0 spiro atoms. The summed E-state index contributed by atoms with van der Waals surface area (Å²) in [6, 6.07) is 16.7. The molecular weight excluding hydrogens is 439 g/mol. The summed E-state index contributed by atoms with van der Waals surface area (Å²) in [5, 5.41) is 0. The van der Waals surface area contributed by atoms with Crippen molar-refractivity contribution in [1.29, 1.82) is 0 Å². The van der Waals surface area contributed by atoms with Crippen LogP contribution in [0.15, 0.2) is 59.6 Å². The normalized spacial score (nSPS) is 20.7. The maximum Gasteiger partial charge on any atom is 0.261 e. The minimum Gasteiger partial charge on any atom is -0.484 e. The van der Waals surface area contributed by atoms with Crippen molar-refractivity contribution in [1.82, 2.24) is 9.80 Å². The van der Waals surface area contributed by atoms with E-state index in [1.165, 1.54) is 0 Å². The molecule has 1 fully saturated rings. The van der Waals surface area contributed by atoms with Gasteiger partial charge in [0.2, 0.25) is 0 Å². The molecule has 0 aliphatic carbocycles. The first kappa shape index (κ1) is 24.8. The molecule has 0 saturated carbocycles. The number of piperidine rings is 1. The Morgan fingerprint density at radius 3 is 2.60 bits per heavy atom. The van der Waals surface area contributed by atoms with Gasteiger partial charge in [0, 0.05) is 19.6 Å². The quantitative estimate of drug-likeness (QED) is 0.568. The molecule has 2 radical (unpaired) electrons. The van der Waals surface area contributed by atoms with Gasteiger partial charge in [0.15, 0.2) is 18.1 Å². The number of likely N-dealkylation sites (tertiary alicyclic amines) is 1. The monoisotopic (exact) mass is 472 g/mol. The van der Waals surface area contributed by atoms with Crippen LogP contribution in [0, 0.1) is 5.92 Å². The summed E-state index contributed by atoms with van der Waals surface area (Å²) >= 11 is 0. The molecule has 2 heterocycles. The molecule has 1 unspecified atom stereocenters. The summed E-state index contributed by atoms with van der Waals surface area (Å²) < 4.78 is 5.60. The molecule has 2 amide bonds. The van der Waals surface area contributed by atoms with Crippen LogP contribution in [0.25, 0.3) is 0 Å². The molecule has 2 aromatic rings. The van der Waals surface area contributed by atoms with Crippen molar-refractivity contribution in [3.63, 3.8) is 0 Å². The van der Waals surface area contributed by atoms with Crippen LogP contribution in [-0.2, 0) is 15.1 Å². The van der Waals surface area contributed by atoms with Gasteiger partial charge < -0.3 is 15.4 Å². The molecule has 2 aromatic carbocycles. The number of nitrogens with zero attached hydrogens (tertiary/aromatic N) is 3. The molecule has 1 atom stereocenters. The second kappa shape index (κ2) is 11.0. The van der Waals surface area contributed by atoms with E-state index < -0.39 is 5.54 Å². The SMILES string of the molecule is [B]c1cccc(C2(CCCC)N=C(N)N(CC3CCN(C(=O)COc4ccccc4)CC3)C2=O)c1. The van der Waals surface area contributed by atoms with Crippen molar-refractivity contribution >= 4 is 31.1 Å². The highest BCUT2D eigenvalue weighted by Gasteiger charge is 2.49. The third kappa shape index (κ3) is 5.52. The van der Waals surface area contributed by atoms with Crippen molar-refractivity contribution in [2.45, 2.75) is 44.6 Å². The largest absolute Gasteiger partial charge is 0.484 e. The zero-order chi connectivity index (χ0) is 24.8. The number of para-hydroxylation sites is 1. The minimum absolute atomic E-state index is 0.0223. The Morgan fingerprint density at radius 2 is 1.91 bits per heavy atom. The fourth-order valence-corrected chi connectivity index (χ4v) is 4.91. The first-order valence-corrected chi connectivity index (χ1v) is 12.4. The van der Waals surface area contributed by atoms with E-state index >= 15 is 0 Å². The van der Waals surface area contributed by atoms with Gasteiger partial charge in [-0.25, -0.2) is 4.99 Å².